The van der Waals surface area contributed by atoms with Gasteiger partial charge in [0.05, 0.1) is 17.5 Å². The summed E-state index contributed by atoms with van der Waals surface area (Å²) in [4.78, 5) is 31.0. The number of hydrogen-bond acceptors (Lipinski definition) is 7. The SMILES string of the molecule is Cc1sc(NC(=O)CSc2nnc([C@H](NC(=O)c3ccccc3)C(C)C)n2C)nc1-c1ccccc1. The Bertz CT molecular complexity index is 1340. The van der Waals surface area contributed by atoms with Crippen molar-refractivity contribution in [3.8, 4) is 11.3 Å². The van der Waals surface area contributed by atoms with Gasteiger partial charge in [-0.1, -0.05) is 74.1 Å². The molecule has 2 N–H and O–H groups in total. The molecule has 2 aromatic heterocycles. The lowest BCUT2D eigenvalue weighted by molar-refractivity contribution is -0.113. The first-order chi connectivity index (χ1) is 17.3. The summed E-state index contributed by atoms with van der Waals surface area (Å²) in [5.74, 6) is 0.553. The maximum Gasteiger partial charge on any atom is 0.251 e. The fraction of sp³-hybridized carbons (Fsp3) is 0.269. The number of anilines is 1. The Hall–Kier alpha value is -3.50. The topological polar surface area (TPSA) is 102 Å². The molecular weight excluding hydrogens is 492 g/mol. The maximum atomic E-state index is 12.7. The highest BCUT2D eigenvalue weighted by atomic mass is 32.2. The third-order valence-electron chi connectivity index (χ3n) is 5.56. The van der Waals surface area contributed by atoms with Gasteiger partial charge >= 0.3 is 0 Å². The highest BCUT2D eigenvalue weighted by Crippen LogP contribution is 2.30. The van der Waals surface area contributed by atoms with Gasteiger partial charge in [0.15, 0.2) is 16.1 Å². The summed E-state index contributed by atoms with van der Waals surface area (Å²) < 4.78 is 1.83. The largest absolute Gasteiger partial charge is 0.342 e. The van der Waals surface area contributed by atoms with Gasteiger partial charge < -0.3 is 15.2 Å². The van der Waals surface area contributed by atoms with E-state index in [1.165, 1.54) is 23.1 Å². The van der Waals surface area contributed by atoms with Crippen molar-refractivity contribution < 1.29 is 9.59 Å². The number of benzene rings is 2. The lowest BCUT2D eigenvalue weighted by Gasteiger charge is -2.21. The van der Waals surface area contributed by atoms with E-state index in [-0.39, 0.29) is 29.5 Å². The van der Waals surface area contributed by atoms with Gasteiger partial charge in [0.1, 0.15) is 0 Å². The minimum absolute atomic E-state index is 0.0914. The quantitative estimate of drug-likeness (QED) is 0.298. The predicted molar refractivity (Wildman–Crippen MR) is 144 cm³/mol. The molecule has 10 heteroatoms. The smallest absolute Gasteiger partial charge is 0.251 e. The number of carbonyl (C=O) groups is 2. The molecule has 2 heterocycles. The number of nitrogens with zero attached hydrogens (tertiary/aromatic N) is 4. The van der Waals surface area contributed by atoms with Crippen molar-refractivity contribution in [3.05, 3.63) is 76.9 Å². The molecule has 4 rings (SSSR count). The number of thioether (sulfide) groups is 1. The minimum Gasteiger partial charge on any atom is -0.342 e. The molecule has 8 nitrogen and oxygen atoms in total. The van der Waals surface area contributed by atoms with E-state index in [4.69, 9.17) is 0 Å². The molecule has 0 spiro atoms. The molecule has 2 amide bonds. The standard InChI is InChI=1S/C26H28N6O2S2/c1-16(2)21(28-24(34)19-13-9-6-10-14-19)23-30-31-26(32(23)4)35-15-20(33)27-25-29-22(17(3)36-25)18-11-7-5-8-12-18/h5-14,16,21H,15H2,1-4H3,(H,28,34)(H,27,29,33)/t21-/m1/s1. The van der Waals surface area contributed by atoms with E-state index in [1.54, 1.807) is 12.1 Å². The van der Waals surface area contributed by atoms with Crippen LogP contribution in [0.3, 0.4) is 0 Å². The van der Waals surface area contributed by atoms with Gasteiger partial charge in [0, 0.05) is 23.1 Å². The Balaban J connectivity index is 1.39. The second kappa shape index (κ2) is 11.5. The van der Waals surface area contributed by atoms with Crippen LogP contribution in [-0.4, -0.2) is 37.3 Å². The molecule has 0 radical (unpaired) electrons. The van der Waals surface area contributed by atoms with Crippen LogP contribution in [0, 0.1) is 12.8 Å². The van der Waals surface area contributed by atoms with Crippen LogP contribution in [0.15, 0.2) is 65.8 Å². The molecule has 1 atom stereocenters. The van der Waals surface area contributed by atoms with Crippen LogP contribution in [0.4, 0.5) is 5.13 Å². The molecule has 36 heavy (non-hydrogen) atoms. The molecule has 0 saturated heterocycles. The number of amides is 2. The summed E-state index contributed by atoms with van der Waals surface area (Å²) in [6.07, 6.45) is 0. The summed E-state index contributed by atoms with van der Waals surface area (Å²) in [6.45, 7) is 6.03. The molecule has 0 aliphatic carbocycles. The van der Waals surface area contributed by atoms with E-state index in [0.29, 0.717) is 21.7 Å². The molecular formula is C26H28N6O2S2. The first-order valence-corrected chi connectivity index (χ1v) is 13.3. The van der Waals surface area contributed by atoms with Gasteiger partial charge in [-0.05, 0) is 25.0 Å². The first kappa shape index (κ1) is 25.6. The molecule has 0 fully saturated rings. The van der Waals surface area contributed by atoms with Crippen LogP contribution in [0.1, 0.15) is 40.9 Å². The normalized spacial score (nSPS) is 11.9. The van der Waals surface area contributed by atoms with E-state index >= 15 is 0 Å². The summed E-state index contributed by atoms with van der Waals surface area (Å²) in [7, 11) is 1.84. The van der Waals surface area contributed by atoms with Crippen molar-refractivity contribution in [2.75, 3.05) is 11.1 Å². The van der Waals surface area contributed by atoms with Crippen LogP contribution < -0.4 is 10.6 Å². The van der Waals surface area contributed by atoms with Gasteiger partial charge in [-0.2, -0.15) is 0 Å². The van der Waals surface area contributed by atoms with E-state index in [2.05, 4.69) is 25.8 Å². The van der Waals surface area contributed by atoms with Gasteiger partial charge in [-0.25, -0.2) is 4.98 Å². The van der Waals surface area contributed by atoms with Crippen molar-refractivity contribution in [2.24, 2.45) is 13.0 Å². The van der Waals surface area contributed by atoms with Crippen molar-refractivity contribution in [1.82, 2.24) is 25.1 Å². The highest BCUT2D eigenvalue weighted by Gasteiger charge is 2.25. The molecule has 2 aromatic carbocycles. The zero-order valence-corrected chi connectivity index (χ0v) is 22.2. The molecule has 0 aliphatic heterocycles. The van der Waals surface area contributed by atoms with E-state index in [9.17, 15) is 9.59 Å². The minimum atomic E-state index is -0.326. The fourth-order valence-electron chi connectivity index (χ4n) is 3.67. The monoisotopic (exact) mass is 520 g/mol. The lowest BCUT2D eigenvalue weighted by Crippen LogP contribution is -2.33. The number of thiazole rings is 1. The second-order valence-corrected chi connectivity index (χ2v) is 10.7. The molecule has 0 aliphatic rings. The number of nitrogens with one attached hydrogen (secondary N) is 2. The highest BCUT2D eigenvalue weighted by molar-refractivity contribution is 7.99. The van der Waals surface area contributed by atoms with Crippen molar-refractivity contribution >= 4 is 40.0 Å². The van der Waals surface area contributed by atoms with Crippen molar-refractivity contribution in [1.29, 1.82) is 0 Å². The van der Waals surface area contributed by atoms with Gasteiger partial charge in [0.2, 0.25) is 5.91 Å². The van der Waals surface area contributed by atoms with Crippen LogP contribution in [0.25, 0.3) is 11.3 Å². The number of hydrogen-bond donors (Lipinski definition) is 2. The summed E-state index contributed by atoms with van der Waals surface area (Å²) in [5, 5.41) is 15.7. The van der Waals surface area contributed by atoms with Crippen molar-refractivity contribution in [3.63, 3.8) is 0 Å². The third kappa shape index (κ3) is 6.00. The Morgan fingerprint density at radius 1 is 1.03 bits per heavy atom. The zero-order chi connectivity index (χ0) is 25.7. The molecule has 0 bridgehead atoms. The average Bonchev–Trinajstić information content (AvgIpc) is 3.43. The van der Waals surface area contributed by atoms with Gasteiger partial charge in [-0.3, -0.25) is 9.59 Å². The van der Waals surface area contributed by atoms with E-state index in [0.717, 1.165) is 16.1 Å². The fourth-order valence-corrected chi connectivity index (χ4v) is 5.24. The predicted octanol–water partition coefficient (Wildman–Crippen LogP) is 5.10. The van der Waals surface area contributed by atoms with E-state index in [1.807, 2.05) is 80.9 Å². The maximum absolute atomic E-state index is 12.7. The molecule has 4 aromatic rings. The van der Waals surface area contributed by atoms with Crippen LogP contribution in [0.2, 0.25) is 0 Å². The second-order valence-electron chi connectivity index (χ2n) is 8.59. The Morgan fingerprint density at radius 3 is 2.36 bits per heavy atom. The molecule has 0 saturated carbocycles. The number of aromatic nitrogens is 4. The van der Waals surface area contributed by atoms with Gasteiger partial charge in [0.25, 0.3) is 5.91 Å². The van der Waals surface area contributed by atoms with Crippen molar-refractivity contribution in [2.45, 2.75) is 32.0 Å². The Morgan fingerprint density at radius 2 is 1.69 bits per heavy atom. The van der Waals surface area contributed by atoms with E-state index < -0.39 is 0 Å². The lowest BCUT2D eigenvalue weighted by atomic mass is 10.0. The summed E-state index contributed by atoms with van der Waals surface area (Å²) >= 11 is 2.74. The number of carbonyl (C=O) groups excluding carboxylic acids is 2. The summed E-state index contributed by atoms with van der Waals surface area (Å²) in [6, 6.07) is 18.7. The first-order valence-electron chi connectivity index (χ1n) is 11.5. The number of rotatable bonds is 9. The van der Waals surface area contributed by atoms with Crippen LogP contribution >= 0.6 is 23.1 Å². The Labute approximate surface area is 218 Å². The Kier molecular flexibility index (Phi) is 8.17. The number of aryl methyl sites for hydroxylation is 1. The zero-order valence-electron chi connectivity index (χ0n) is 20.6. The molecule has 0 unspecified atom stereocenters. The average molecular weight is 521 g/mol. The van der Waals surface area contributed by atoms with Crippen LogP contribution in [-0.2, 0) is 11.8 Å². The molecule has 186 valence electrons. The van der Waals surface area contributed by atoms with Crippen LogP contribution in [0.5, 0.6) is 0 Å². The summed E-state index contributed by atoms with van der Waals surface area (Å²) in [5.41, 5.74) is 2.48. The van der Waals surface area contributed by atoms with Gasteiger partial charge in [-0.15, -0.1) is 21.5 Å². The third-order valence-corrected chi connectivity index (χ3v) is 7.46.